The minimum Gasteiger partial charge on any atom is -0.312 e. The highest BCUT2D eigenvalue weighted by Crippen LogP contribution is 2.22. The molecule has 0 fully saturated rings. The molecular formula is C14H13ClN4. The molecule has 0 radical (unpaired) electrons. The first-order chi connectivity index (χ1) is 9.25. The van der Waals surface area contributed by atoms with Crippen molar-refractivity contribution in [2.75, 3.05) is 0 Å². The van der Waals surface area contributed by atoms with E-state index in [1.807, 2.05) is 22.8 Å². The summed E-state index contributed by atoms with van der Waals surface area (Å²) in [7, 11) is 0. The second-order valence-corrected chi connectivity index (χ2v) is 4.89. The normalized spacial score (nSPS) is 12.7. The van der Waals surface area contributed by atoms with Gasteiger partial charge in [-0.05, 0) is 18.9 Å². The summed E-state index contributed by atoms with van der Waals surface area (Å²) >= 11 is 6.01. The third-order valence-electron chi connectivity index (χ3n) is 3.16. The second kappa shape index (κ2) is 4.97. The Labute approximate surface area is 116 Å². The first-order valence-electron chi connectivity index (χ1n) is 6.12. The van der Waals surface area contributed by atoms with E-state index in [0.29, 0.717) is 10.7 Å². The fraction of sp³-hybridized carbons (Fsp3) is 0.214. The van der Waals surface area contributed by atoms with Crippen molar-refractivity contribution in [1.29, 1.82) is 0 Å². The fourth-order valence-electron chi connectivity index (χ4n) is 2.20. The topological polar surface area (TPSA) is 43.6 Å². The number of aromatic nitrogens is 4. The molecule has 0 aliphatic heterocycles. The molecule has 0 unspecified atom stereocenters. The molecular weight excluding hydrogens is 260 g/mol. The summed E-state index contributed by atoms with van der Waals surface area (Å²) in [6, 6.07) is 10.6. The van der Waals surface area contributed by atoms with Crippen LogP contribution in [0, 0.1) is 0 Å². The van der Waals surface area contributed by atoms with Gasteiger partial charge in [0.1, 0.15) is 11.8 Å². The first kappa shape index (κ1) is 12.1. The van der Waals surface area contributed by atoms with Gasteiger partial charge in [-0.25, -0.2) is 15.0 Å². The van der Waals surface area contributed by atoms with Crippen molar-refractivity contribution in [1.82, 2.24) is 19.5 Å². The zero-order chi connectivity index (χ0) is 13.2. The molecule has 0 saturated carbocycles. The van der Waals surface area contributed by atoms with Gasteiger partial charge in [0, 0.05) is 6.04 Å². The molecule has 0 saturated heterocycles. The zero-order valence-corrected chi connectivity index (χ0v) is 11.2. The molecule has 96 valence electrons. The van der Waals surface area contributed by atoms with Crippen molar-refractivity contribution >= 4 is 22.8 Å². The average Bonchev–Trinajstić information content (AvgIpc) is 2.85. The summed E-state index contributed by atoms with van der Waals surface area (Å²) in [5.41, 5.74) is 2.73. The van der Waals surface area contributed by atoms with Gasteiger partial charge in [0.2, 0.25) is 0 Å². The molecule has 0 bridgehead atoms. The summed E-state index contributed by atoms with van der Waals surface area (Å²) in [6.07, 6.45) is 4.17. The standard InChI is InChI=1S/C14H13ClN4/c1-10(7-11-5-3-2-4-6-11)19-9-18-12-13(15)16-8-17-14(12)19/h2-6,8-10H,7H2,1H3/t10-/m1/s1. The number of benzene rings is 1. The Bertz CT molecular complexity index is 693. The summed E-state index contributed by atoms with van der Waals surface area (Å²) in [6.45, 7) is 2.14. The number of imidazole rings is 1. The predicted octanol–water partition coefficient (Wildman–Crippen LogP) is 3.28. The minimum atomic E-state index is 0.262. The van der Waals surface area contributed by atoms with Crippen LogP contribution in [-0.4, -0.2) is 19.5 Å². The largest absolute Gasteiger partial charge is 0.312 e. The molecule has 4 nitrogen and oxygen atoms in total. The van der Waals surface area contributed by atoms with Crippen LogP contribution in [-0.2, 0) is 6.42 Å². The molecule has 0 amide bonds. The highest BCUT2D eigenvalue weighted by atomic mass is 35.5. The summed E-state index contributed by atoms with van der Waals surface area (Å²) in [5, 5.41) is 0.399. The number of fused-ring (bicyclic) bond motifs is 1. The molecule has 19 heavy (non-hydrogen) atoms. The maximum atomic E-state index is 6.01. The Kier molecular flexibility index (Phi) is 3.17. The molecule has 3 aromatic rings. The lowest BCUT2D eigenvalue weighted by molar-refractivity contribution is 0.555. The molecule has 0 aliphatic carbocycles. The van der Waals surface area contributed by atoms with E-state index in [4.69, 9.17) is 11.6 Å². The number of nitrogens with zero attached hydrogens (tertiary/aromatic N) is 4. The van der Waals surface area contributed by atoms with Crippen LogP contribution in [0.4, 0.5) is 0 Å². The maximum absolute atomic E-state index is 6.01. The van der Waals surface area contributed by atoms with Gasteiger partial charge in [-0.15, -0.1) is 0 Å². The molecule has 0 N–H and O–H groups in total. The number of halogens is 1. The van der Waals surface area contributed by atoms with Gasteiger partial charge in [0.05, 0.1) is 6.33 Å². The van der Waals surface area contributed by atoms with Crippen LogP contribution in [0.25, 0.3) is 11.2 Å². The number of hydrogen-bond donors (Lipinski definition) is 0. The molecule has 0 spiro atoms. The van der Waals surface area contributed by atoms with E-state index in [1.165, 1.54) is 11.9 Å². The molecule has 2 aromatic heterocycles. The van der Waals surface area contributed by atoms with Crippen molar-refractivity contribution in [2.45, 2.75) is 19.4 Å². The molecule has 1 atom stereocenters. The number of rotatable bonds is 3. The second-order valence-electron chi connectivity index (χ2n) is 4.53. The van der Waals surface area contributed by atoms with Gasteiger partial charge in [-0.2, -0.15) is 0 Å². The van der Waals surface area contributed by atoms with Crippen LogP contribution in [0.3, 0.4) is 0 Å². The van der Waals surface area contributed by atoms with Gasteiger partial charge >= 0.3 is 0 Å². The van der Waals surface area contributed by atoms with E-state index in [0.717, 1.165) is 12.1 Å². The molecule has 0 aliphatic rings. The van der Waals surface area contributed by atoms with E-state index in [1.54, 1.807) is 6.33 Å². The predicted molar refractivity (Wildman–Crippen MR) is 75.2 cm³/mol. The average molecular weight is 273 g/mol. The van der Waals surface area contributed by atoms with Gasteiger partial charge in [-0.3, -0.25) is 0 Å². The van der Waals surface area contributed by atoms with Gasteiger partial charge in [-0.1, -0.05) is 41.9 Å². The quantitative estimate of drug-likeness (QED) is 0.687. The summed E-state index contributed by atoms with van der Waals surface area (Å²) < 4.78 is 2.04. The van der Waals surface area contributed by atoms with Crippen LogP contribution >= 0.6 is 11.6 Å². The Balaban J connectivity index is 1.94. The van der Waals surface area contributed by atoms with Crippen molar-refractivity contribution in [3.8, 4) is 0 Å². The van der Waals surface area contributed by atoms with Crippen molar-refractivity contribution in [3.05, 3.63) is 53.7 Å². The Hall–Kier alpha value is -1.94. The highest BCUT2D eigenvalue weighted by Gasteiger charge is 2.13. The number of hydrogen-bond acceptors (Lipinski definition) is 3. The van der Waals surface area contributed by atoms with Crippen molar-refractivity contribution < 1.29 is 0 Å². The van der Waals surface area contributed by atoms with Crippen LogP contribution in [0.1, 0.15) is 18.5 Å². The SMILES string of the molecule is C[C@H](Cc1ccccc1)n1cnc2c(Cl)ncnc21. The minimum absolute atomic E-state index is 0.262. The molecule has 2 heterocycles. The van der Waals surface area contributed by atoms with Crippen LogP contribution < -0.4 is 0 Å². The Morgan fingerprint density at radius 2 is 1.95 bits per heavy atom. The van der Waals surface area contributed by atoms with E-state index < -0.39 is 0 Å². The van der Waals surface area contributed by atoms with E-state index >= 15 is 0 Å². The zero-order valence-electron chi connectivity index (χ0n) is 10.5. The van der Waals surface area contributed by atoms with Crippen LogP contribution in [0.15, 0.2) is 43.0 Å². The lowest BCUT2D eigenvalue weighted by Crippen LogP contribution is -2.07. The van der Waals surface area contributed by atoms with E-state index in [2.05, 4.69) is 34.0 Å². The molecule has 1 aromatic carbocycles. The van der Waals surface area contributed by atoms with Crippen LogP contribution in [0.2, 0.25) is 5.15 Å². The van der Waals surface area contributed by atoms with Gasteiger partial charge in [0.25, 0.3) is 0 Å². The Morgan fingerprint density at radius 1 is 1.16 bits per heavy atom. The first-order valence-corrected chi connectivity index (χ1v) is 6.50. The van der Waals surface area contributed by atoms with E-state index in [9.17, 15) is 0 Å². The van der Waals surface area contributed by atoms with Crippen LogP contribution in [0.5, 0.6) is 0 Å². The van der Waals surface area contributed by atoms with Crippen molar-refractivity contribution in [3.63, 3.8) is 0 Å². The maximum Gasteiger partial charge on any atom is 0.165 e. The van der Waals surface area contributed by atoms with Gasteiger partial charge in [0.15, 0.2) is 10.8 Å². The lowest BCUT2D eigenvalue weighted by Gasteiger charge is -2.13. The smallest absolute Gasteiger partial charge is 0.165 e. The molecule has 5 heteroatoms. The highest BCUT2D eigenvalue weighted by molar-refractivity contribution is 6.33. The third-order valence-corrected chi connectivity index (χ3v) is 3.44. The monoisotopic (exact) mass is 272 g/mol. The fourth-order valence-corrected chi connectivity index (χ4v) is 2.38. The summed E-state index contributed by atoms with van der Waals surface area (Å²) in [5.74, 6) is 0. The van der Waals surface area contributed by atoms with Gasteiger partial charge < -0.3 is 4.57 Å². The lowest BCUT2D eigenvalue weighted by atomic mass is 10.1. The third kappa shape index (κ3) is 2.31. The molecule has 3 rings (SSSR count). The van der Waals surface area contributed by atoms with E-state index in [-0.39, 0.29) is 6.04 Å². The summed E-state index contributed by atoms with van der Waals surface area (Å²) in [4.78, 5) is 12.5. The van der Waals surface area contributed by atoms with Crippen molar-refractivity contribution in [2.24, 2.45) is 0 Å². The Morgan fingerprint density at radius 3 is 2.74 bits per heavy atom.